The molecule has 2 aromatic carbocycles. The zero-order valence-electron chi connectivity index (χ0n) is 15.0. The third-order valence-electron chi connectivity index (χ3n) is 4.07. The third-order valence-corrected chi connectivity index (χ3v) is 4.63. The molecule has 0 saturated carbocycles. The number of halogens is 2. The van der Waals surface area contributed by atoms with Crippen molar-refractivity contribution in [2.75, 3.05) is 10.6 Å². The van der Waals surface area contributed by atoms with E-state index < -0.39 is 0 Å². The van der Waals surface area contributed by atoms with Crippen molar-refractivity contribution in [3.05, 3.63) is 76.8 Å². The van der Waals surface area contributed by atoms with Crippen molar-refractivity contribution < 1.29 is 4.39 Å². The summed E-state index contributed by atoms with van der Waals surface area (Å²) < 4.78 is 14.8. The van der Waals surface area contributed by atoms with Crippen LogP contribution in [0.4, 0.5) is 15.8 Å². The number of thiocarbonyl (C=S) groups is 1. The molecule has 0 fully saturated rings. The van der Waals surface area contributed by atoms with Gasteiger partial charge in [-0.25, -0.2) is 4.39 Å². The molecule has 0 aliphatic rings. The van der Waals surface area contributed by atoms with Crippen molar-refractivity contribution in [1.82, 2.24) is 9.78 Å². The topological polar surface area (TPSA) is 41.9 Å². The van der Waals surface area contributed by atoms with E-state index in [9.17, 15) is 4.39 Å². The quantitative estimate of drug-likeness (QED) is 0.540. The molecule has 140 valence electrons. The molecule has 27 heavy (non-hydrogen) atoms. The Bertz CT molecular complexity index is 937. The van der Waals surface area contributed by atoms with Crippen molar-refractivity contribution in [3.8, 4) is 0 Å². The molecular weight excluding hydrogens is 383 g/mol. The smallest absolute Gasteiger partial charge is 0.175 e. The van der Waals surface area contributed by atoms with Gasteiger partial charge in [0, 0.05) is 16.9 Å². The minimum absolute atomic E-state index is 0.357. The normalized spacial score (nSPS) is 10.9. The van der Waals surface area contributed by atoms with E-state index >= 15 is 0 Å². The Morgan fingerprint density at radius 1 is 1.15 bits per heavy atom. The van der Waals surface area contributed by atoms with Crippen LogP contribution in [0.1, 0.15) is 30.9 Å². The molecule has 0 aliphatic heterocycles. The summed E-state index contributed by atoms with van der Waals surface area (Å²) >= 11 is 11.4. The van der Waals surface area contributed by atoms with Crippen LogP contribution in [0.15, 0.2) is 54.9 Å². The van der Waals surface area contributed by atoms with Gasteiger partial charge in [0.2, 0.25) is 0 Å². The van der Waals surface area contributed by atoms with Crippen LogP contribution in [-0.2, 0) is 6.54 Å². The van der Waals surface area contributed by atoms with E-state index in [-0.39, 0.29) is 5.82 Å². The number of aromatic nitrogens is 2. The molecule has 0 amide bonds. The van der Waals surface area contributed by atoms with Crippen molar-refractivity contribution in [2.24, 2.45) is 0 Å². The molecule has 0 radical (unpaired) electrons. The number of nitrogens with one attached hydrogen (secondary N) is 2. The lowest BCUT2D eigenvalue weighted by Gasteiger charge is -2.11. The second kappa shape index (κ2) is 8.50. The second-order valence-corrected chi connectivity index (χ2v) is 7.33. The molecule has 0 atom stereocenters. The molecule has 0 unspecified atom stereocenters. The zero-order valence-corrected chi connectivity index (χ0v) is 16.6. The maximum atomic E-state index is 13.1. The first-order valence-electron chi connectivity index (χ1n) is 8.55. The van der Waals surface area contributed by atoms with Crippen molar-refractivity contribution in [2.45, 2.75) is 26.3 Å². The molecule has 1 aromatic heterocycles. The Morgan fingerprint density at radius 2 is 1.85 bits per heavy atom. The Morgan fingerprint density at radius 3 is 2.52 bits per heavy atom. The summed E-state index contributed by atoms with van der Waals surface area (Å²) in [6.07, 6.45) is 3.49. The highest BCUT2D eigenvalue weighted by Crippen LogP contribution is 2.19. The fraction of sp³-hybridized carbons (Fsp3) is 0.200. The summed E-state index contributed by atoms with van der Waals surface area (Å²) in [7, 11) is 0. The van der Waals surface area contributed by atoms with E-state index in [2.05, 4.69) is 41.7 Å². The van der Waals surface area contributed by atoms with Crippen LogP contribution in [0.2, 0.25) is 5.02 Å². The molecular formula is C20H20ClFN4S. The minimum atomic E-state index is -0.357. The van der Waals surface area contributed by atoms with Crippen molar-refractivity contribution in [3.63, 3.8) is 0 Å². The molecule has 0 bridgehead atoms. The Labute approximate surface area is 168 Å². The number of anilines is 2. The highest BCUT2D eigenvalue weighted by molar-refractivity contribution is 7.80. The fourth-order valence-corrected chi connectivity index (χ4v) is 3.05. The first-order chi connectivity index (χ1) is 12.9. The molecule has 0 spiro atoms. The van der Waals surface area contributed by atoms with Crippen molar-refractivity contribution in [1.29, 1.82) is 0 Å². The van der Waals surface area contributed by atoms with Gasteiger partial charge in [-0.15, -0.1) is 0 Å². The van der Waals surface area contributed by atoms with Gasteiger partial charge in [0.05, 0.1) is 18.4 Å². The lowest BCUT2D eigenvalue weighted by Crippen LogP contribution is -2.18. The standard InChI is InChI=1S/C20H20ClFN4S/c1-13(2)14-4-7-17(8-5-14)24-20(27)25-18-10-23-26(12-18)11-15-3-6-16(22)9-19(15)21/h3-10,12-13H,11H2,1-2H3,(H2,24,25,27). The van der Waals surface area contributed by atoms with E-state index in [4.69, 9.17) is 23.8 Å². The van der Waals surface area contributed by atoms with E-state index in [1.165, 1.54) is 17.7 Å². The largest absolute Gasteiger partial charge is 0.332 e. The van der Waals surface area contributed by atoms with Crippen LogP contribution in [-0.4, -0.2) is 14.9 Å². The number of nitrogens with zero attached hydrogens (tertiary/aromatic N) is 2. The average Bonchev–Trinajstić information content (AvgIpc) is 3.04. The minimum Gasteiger partial charge on any atom is -0.332 e. The average molecular weight is 403 g/mol. The lowest BCUT2D eigenvalue weighted by molar-refractivity contribution is 0.624. The summed E-state index contributed by atoms with van der Waals surface area (Å²) in [5.74, 6) is 0.133. The molecule has 3 rings (SSSR count). The number of benzene rings is 2. The predicted molar refractivity (Wildman–Crippen MR) is 113 cm³/mol. The highest BCUT2D eigenvalue weighted by atomic mass is 35.5. The van der Waals surface area contributed by atoms with Gasteiger partial charge in [0.1, 0.15) is 5.82 Å². The maximum absolute atomic E-state index is 13.1. The lowest BCUT2D eigenvalue weighted by atomic mass is 10.0. The van der Waals surface area contributed by atoms with Crippen LogP contribution in [0.25, 0.3) is 0 Å². The van der Waals surface area contributed by atoms with E-state index in [1.807, 2.05) is 18.3 Å². The first kappa shape index (κ1) is 19.3. The fourth-order valence-electron chi connectivity index (χ4n) is 2.58. The van der Waals surface area contributed by atoms with Gasteiger partial charge in [0.15, 0.2) is 5.11 Å². The van der Waals surface area contributed by atoms with Crippen LogP contribution in [0, 0.1) is 5.82 Å². The van der Waals surface area contributed by atoms with E-state index in [0.29, 0.717) is 22.6 Å². The molecule has 1 heterocycles. The third kappa shape index (κ3) is 5.28. The van der Waals surface area contributed by atoms with Gasteiger partial charge in [0.25, 0.3) is 0 Å². The first-order valence-corrected chi connectivity index (χ1v) is 9.33. The molecule has 2 N–H and O–H groups in total. The predicted octanol–water partition coefficient (Wildman–Crippen LogP) is 5.66. The Kier molecular flexibility index (Phi) is 6.08. The summed E-state index contributed by atoms with van der Waals surface area (Å²) in [5.41, 5.74) is 3.74. The second-order valence-electron chi connectivity index (χ2n) is 6.52. The monoisotopic (exact) mass is 402 g/mol. The summed E-state index contributed by atoms with van der Waals surface area (Å²) in [6.45, 7) is 4.76. The molecule has 3 aromatic rings. The summed E-state index contributed by atoms with van der Waals surface area (Å²) in [6, 6.07) is 12.5. The summed E-state index contributed by atoms with van der Waals surface area (Å²) in [4.78, 5) is 0. The van der Waals surface area contributed by atoms with Gasteiger partial charge >= 0.3 is 0 Å². The van der Waals surface area contributed by atoms with E-state index in [1.54, 1.807) is 16.9 Å². The number of rotatable bonds is 5. The maximum Gasteiger partial charge on any atom is 0.175 e. The van der Waals surface area contributed by atoms with Gasteiger partial charge in [-0.3, -0.25) is 4.68 Å². The molecule has 4 nitrogen and oxygen atoms in total. The Hall–Kier alpha value is -2.44. The van der Waals surface area contributed by atoms with Gasteiger partial charge in [-0.1, -0.05) is 43.6 Å². The van der Waals surface area contributed by atoms with Crippen LogP contribution in [0.3, 0.4) is 0 Å². The SMILES string of the molecule is CC(C)c1ccc(NC(=S)Nc2cnn(Cc3ccc(F)cc3Cl)c2)cc1. The number of hydrogen-bond donors (Lipinski definition) is 2. The zero-order chi connectivity index (χ0) is 19.4. The van der Waals surface area contributed by atoms with Crippen LogP contribution >= 0.6 is 23.8 Å². The van der Waals surface area contributed by atoms with Crippen molar-refractivity contribution >= 4 is 40.3 Å². The van der Waals surface area contributed by atoms with Gasteiger partial charge < -0.3 is 10.6 Å². The van der Waals surface area contributed by atoms with Crippen LogP contribution in [0.5, 0.6) is 0 Å². The summed E-state index contributed by atoms with van der Waals surface area (Å²) in [5, 5.41) is 11.4. The Balaban J connectivity index is 1.59. The van der Waals surface area contributed by atoms with Gasteiger partial charge in [-0.05, 0) is 53.5 Å². The molecule has 7 heteroatoms. The van der Waals surface area contributed by atoms with Crippen LogP contribution < -0.4 is 10.6 Å². The molecule has 0 aliphatic carbocycles. The number of hydrogen-bond acceptors (Lipinski definition) is 2. The highest BCUT2D eigenvalue weighted by Gasteiger charge is 2.06. The van der Waals surface area contributed by atoms with Gasteiger partial charge in [-0.2, -0.15) is 5.10 Å². The molecule has 0 saturated heterocycles. The van der Waals surface area contributed by atoms with E-state index in [0.717, 1.165) is 16.9 Å².